The van der Waals surface area contributed by atoms with Gasteiger partial charge in [-0.15, -0.1) is 0 Å². The largest absolute Gasteiger partial charge is 0.456 e. The summed E-state index contributed by atoms with van der Waals surface area (Å²) in [4.78, 5) is 15.1. The van der Waals surface area contributed by atoms with Crippen LogP contribution in [0.3, 0.4) is 0 Å². The van der Waals surface area contributed by atoms with Gasteiger partial charge in [0.1, 0.15) is 11.6 Å². The molecule has 1 amide bonds. The van der Waals surface area contributed by atoms with Crippen molar-refractivity contribution in [2.45, 2.75) is 6.92 Å². The topological polar surface area (TPSA) is 55.1 Å². The van der Waals surface area contributed by atoms with Crippen molar-refractivity contribution >= 4 is 11.7 Å². The number of hydrogen-bond donors (Lipinski definition) is 1. The number of furan rings is 1. The van der Waals surface area contributed by atoms with Crippen molar-refractivity contribution in [2.24, 2.45) is 0 Å². The van der Waals surface area contributed by atoms with E-state index in [1.54, 1.807) is 19.1 Å². The molecule has 4 nitrogen and oxygen atoms in total. The molecule has 0 saturated heterocycles. The molecule has 1 N–H and O–H groups in total. The molecule has 2 rings (SSSR count). The second-order valence-corrected chi connectivity index (χ2v) is 3.21. The molecule has 2 aromatic rings. The lowest BCUT2D eigenvalue weighted by atomic mass is 10.4. The Labute approximate surface area is 91.1 Å². The van der Waals surface area contributed by atoms with E-state index in [4.69, 9.17) is 4.42 Å². The van der Waals surface area contributed by atoms with Crippen molar-refractivity contribution in [3.8, 4) is 0 Å². The lowest BCUT2D eigenvalue weighted by molar-refractivity contribution is 0.0995. The average Bonchev–Trinajstić information content (AvgIpc) is 2.65. The molecule has 2 aromatic heterocycles. The fraction of sp³-hybridized carbons (Fsp3) is 0.0909. The van der Waals surface area contributed by atoms with E-state index in [-0.39, 0.29) is 11.6 Å². The van der Waals surface area contributed by atoms with Gasteiger partial charge in [-0.1, -0.05) is 6.07 Å². The lowest BCUT2D eigenvalue weighted by Crippen LogP contribution is -2.12. The van der Waals surface area contributed by atoms with Crippen molar-refractivity contribution in [3.63, 3.8) is 0 Å². The minimum atomic E-state index is -0.645. The average molecular weight is 220 g/mol. The first kappa shape index (κ1) is 10.4. The van der Waals surface area contributed by atoms with E-state index < -0.39 is 11.9 Å². The summed E-state index contributed by atoms with van der Waals surface area (Å²) in [7, 11) is 0. The maximum Gasteiger partial charge on any atom is 0.292 e. The van der Waals surface area contributed by atoms with Crippen LogP contribution in [-0.2, 0) is 0 Å². The summed E-state index contributed by atoms with van der Waals surface area (Å²) in [6.45, 7) is 1.73. The third kappa shape index (κ3) is 2.25. The molecule has 5 heteroatoms. The van der Waals surface area contributed by atoms with E-state index in [2.05, 4.69) is 10.3 Å². The first-order chi connectivity index (χ1) is 7.65. The normalized spacial score (nSPS) is 10.1. The Balaban J connectivity index is 2.13. The smallest absolute Gasteiger partial charge is 0.292 e. The number of aryl methyl sites for hydroxylation is 1. The Morgan fingerprint density at radius 3 is 2.81 bits per heavy atom. The maximum atomic E-state index is 12.7. The van der Waals surface area contributed by atoms with Crippen LogP contribution in [0.5, 0.6) is 0 Å². The zero-order valence-electron chi connectivity index (χ0n) is 8.53. The highest BCUT2D eigenvalue weighted by Crippen LogP contribution is 2.10. The number of nitrogens with one attached hydrogen (secondary N) is 1. The first-order valence-electron chi connectivity index (χ1n) is 4.65. The van der Waals surface area contributed by atoms with Gasteiger partial charge in [-0.25, -0.2) is 4.98 Å². The summed E-state index contributed by atoms with van der Waals surface area (Å²) >= 11 is 0. The summed E-state index contributed by atoms with van der Waals surface area (Å²) < 4.78 is 17.9. The maximum absolute atomic E-state index is 12.7. The van der Waals surface area contributed by atoms with Gasteiger partial charge in [0, 0.05) is 0 Å². The SMILES string of the molecule is Cc1ccc(C(=O)Nc2cccc(F)n2)o1. The number of anilines is 1. The fourth-order valence-corrected chi connectivity index (χ4v) is 1.21. The van der Waals surface area contributed by atoms with E-state index in [0.717, 1.165) is 0 Å². The van der Waals surface area contributed by atoms with Crippen LogP contribution < -0.4 is 5.32 Å². The van der Waals surface area contributed by atoms with Crippen molar-refractivity contribution in [2.75, 3.05) is 5.32 Å². The Kier molecular flexibility index (Phi) is 2.68. The summed E-state index contributed by atoms with van der Waals surface area (Å²) in [5, 5.41) is 2.43. The van der Waals surface area contributed by atoms with E-state index >= 15 is 0 Å². The van der Waals surface area contributed by atoms with Crippen LogP contribution in [0.1, 0.15) is 16.3 Å². The number of carbonyl (C=O) groups is 1. The molecule has 0 fully saturated rings. The third-order valence-corrected chi connectivity index (χ3v) is 1.92. The molecule has 0 bridgehead atoms. The van der Waals surface area contributed by atoms with Crippen molar-refractivity contribution in [1.29, 1.82) is 0 Å². The van der Waals surface area contributed by atoms with Gasteiger partial charge in [-0.3, -0.25) is 4.79 Å². The third-order valence-electron chi connectivity index (χ3n) is 1.92. The number of amides is 1. The predicted octanol–water partition coefficient (Wildman–Crippen LogP) is 2.37. The molecular formula is C11H9FN2O2. The van der Waals surface area contributed by atoms with Gasteiger partial charge in [0.15, 0.2) is 5.76 Å². The number of carbonyl (C=O) groups excluding carboxylic acids is 1. The second kappa shape index (κ2) is 4.14. The van der Waals surface area contributed by atoms with Crippen LogP contribution in [0.15, 0.2) is 34.7 Å². The highest BCUT2D eigenvalue weighted by molar-refractivity contribution is 6.01. The molecule has 0 unspecified atom stereocenters. The molecule has 0 spiro atoms. The molecular weight excluding hydrogens is 211 g/mol. The second-order valence-electron chi connectivity index (χ2n) is 3.21. The Hall–Kier alpha value is -2.17. The van der Waals surface area contributed by atoms with Gasteiger partial charge in [-0.05, 0) is 31.2 Å². The number of nitrogens with zero attached hydrogens (tertiary/aromatic N) is 1. The van der Waals surface area contributed by atoms with E-state index in [1.165, 1.54) is 18.2 Å². The quantitative estimate of drug-likeness (QED) is 0.790. The van der Waals surface area contributed by atoms with E-state index in [0.29, 0.717) is 5.76 Å². The number of halogens is 1. The van der Waals surface area contributed by atoms with Crippen LogP contribution >= 0.6 is 0 Å². The van der Waals surface area contributed by atoms with Crippen LogP contribution in [0.25, 0.3) is 0 Å². The minimum Gasteiger partial charge on any atom is -0.456 e. The molecule has 82 valence electrons. The fourth-order valence-electron chi connectivity index (χ4n) is 1.21. The summed E-state index contributed by atoms with van der Waals surface area (Å²) in [6, 6.07) is 7.38. The van der Waals surface area contributed by atoms with E-state index in [1.807, 2.05) is 0 Å². The lowest BCUT2D eigenvalue weighted by Gasteiger charge is -2.01. The van der Waals surface area contributed by atoms with Crippen LogP contribution in [0.2, 0.25) is 0 Å². The molecule has 0 aromatic carbocycles. The zero-order valence-corrected chi connectivity index (χ0v) is 8.53. The monoisotopic (exact) mass is 220 g/mol. The Bertz CT molecular complexity index is 522. The number of pyridine rings is 1. The Morgan fingerprint density at radius 1 is 1.38 bits per heavy atom. The van der Waals surface area contributed by atoms with Gasteiger partial charge in [0.05, 0.1) is 0 Å². The molecule has 0 saturated carbocycles. The van der Waals surface area contributed by atoms with Crippen molar-refractivity contribution < 1.29 is 13.6 Å². The Morgan fingerprint density at radius 2 is 2.19 bits per heavy atom. The van der Waals surface area contributed by atoms with Crippen LogP contribution in [0.4, 0.5) is 10.2 Å². The molecule has 16 heavy (non-hydrogen) atoms. The first-order valence-corrected chi connectivity index (χ1v) is 4.65. The van der Waals surface area contributed by atoms with Gasteiger partial charge in [0.25, 0.3) is 5.91 Å². The number of rotatable bonds is 2. The number of aromatic nitrogens is 1. The summed E-state index contributed by atoms with van der Waals surface area (Å²) in [5.41, 5.74) is 0. The number of hydrogen-bond acceptors (Lipinski definition) is 3. The minimum absolute atomic E-state index is 0.152. The van der Waals surface area contributed by atoms with Crippen molar-refractivity contribution in [3.05, 3.63) is 47.8 Å². The van der Waals surface area contributed by atoms with Gasteiger partial charge < -0.3 is 9.73 Å². The highest BCUT2D eigenvalue weighted by Gasteiger charge is 2.10. The van der Waals surface area contributed by atoms with Gasteiger partial charge in [0.2, 0.25) is 5.95 Å². The standard InChI is InChI=1S/C11H9FN2O2/c1-7-5-6-8(16-7)11(15)14-10-4-2-3-9(12)13-10/h2-6H,1H3,(H,13,14,15). The molecule has 0 aliphatic carbocycles. The molecule has 0 aliphatic heterocycles. The van der Waals surface area contributed by atoms with Crippen molar-refractivity contribution in [1.82, 2.24) is 4.98 Å². The van der Waals surface area contributed by atoms with Gasteiger partial charge >= 0.3 is 0 Å². The zero-order chi connectivity index (χ0) is 11.5. The summed E-state index contributed by atoms with van der Waals surface area (Å²) in [6.07, 6.45) is 0. The summed E-state index contributed by atoms with van der Waals surface area (Å²) in [5.74, 6) is -0.139. The van der Waals surface area contributed by atoms with E-state index in [9.17, 15) is 9.18 Å². The highest BCUT2D eigenvalue weighted by atomic mass is 19.1. The molecule has 0 radical (unpaired) electrons. The van der Waals surface area contributed by atoms with Gasteiger partial charge in [-0.2, -0.15) is 4.39 Å². The van der Waals surface area contributed by atoms with Crippen LogP contribution in [-0.4, -0.2) is 10.9 Å². The molecule has 2 heterocycles. The van der Waals surface area contributed by atoms with Crippen LogP contribution in [0, 0.1) is 12.9 Å². The molecule has 0 atom stereocenters. The predicted molar refractivity (Wildman–Crippen MR) is 55.6 cm³/mol. The molecule has 0 aliphatic rings.